The van der Waals surface area contributed by atoms with Crippen molar-refractivity contribution in [2.75, 3.05) is 26.2 Å². The fourth-order valence-electron chi connectivity index (χ4n) is 2.20. The van der Waals surface area contributed by atoms with Gasteiger partial charge in [-0.05, 0) is 25.8 Å². The number of nitrogens with zero attached hydrogens (tertiary/aromatic N) is 1. The van der Waals surface area contributed by atoms with Crippen molar-refractivity contribution in [1.29, 1.82) is 0 Å². The largest absolute Gasteiger partial charge is 0.396 e. The van der Waals surface area contributed by atoms with Gasteiger partial charge in [0.25, 0.3) is 5.92 Å². The van der Waals surface area contributed by atoms with Gasteiger partial charge in [0, 0.05) is 25.0 Å². The van der Waals surface area contributed by atoms with E-state index < -0.39 is 5.92 Å². The summed E-state index contributed by atoms with van der Waals surface area (Å²) in [4.78, 5) is 1.81. The first kappa shape index (κ1) is 10.3. The summed E-state index contributed by atoms with van der Waals surface area (Å²) in [5.74, 6) is -2.51. The molecule has 0 atom stereocenters. The lowest BCUT2D eigenvalue weighted by Crippen LogP contribution is -2.45. The van der Waals surface area contributed by atoms with Gasteiger partial charge in [-0.1, -0.05) is 0 Å². The number of hydrogen-bond acceptors (Lipinski definition) is 2. The number of hydrogen-bond donors (Lipinski definition) is 1. The van der Waals surface area contributed by atoms with Crippen LogP contribution in [-0.2, 0) is 0 Å². The number of rotatable bonds is 3. The minimum atomic E-state index is -2.51. The maximum atomic E-state index is 13.0. The average molecular weight is 205 g/mol. The van der Waals surface area contributed by atoms with E-state index in [1.54, 1.807) is 0 Å². The van der Waals surface area contributed by atoms with Crippen LogP contribution in [0.25, 0.3) is 0 Å². The van der Waals surface area contributed by atoms with Crippen molar-refractivity contribution in [2.24, 2.45) is 5.41 Å². The van der Waals surface area contributed by atoms with E-state index in [9.17, 15) is 8.78 Å². The lowest BCUT2D eigenvalue weighted by molar-refractivity contribution is -0.0697. The number of aliphatic hydroxyl groups excluding tert-OH is 1. The zero-order valence-corrected chi connectivity index (χ0v) is 8.31. The first-order valence-electron chi connectivity index (χ1n) is 5.26. The summed E-state index contributed by atoms with van der Waals surface area (Å²) in [5, 5.41) is 9.10. The third-order valence-corrected chi connectivity index (χ3v) is 3.32. The van der Waals surface area contributed by atoms with E-state index in [2.05, 4.69) is 0 Å². The van der Waals surface area contributed by atoms with Gasteiger partial charge >= 0.3 is 0 Å². The molecule has 1 heterocycles. The van der Waals surface area contributed by atoms with Crippen LogP contribution in [0.4, 0.5) is 8.78 Å². The lowest BCUT2D eigenvalue weighted by Gasteiger charge is -2.34. The van der Waals surface area contributed by atoms with Gasteiger partial charge in [-0.2, -0.15) is 0 Å². The Bertz CT molecular complexity index is 216. The third-order valence-electron chi connectivity index (χ3n) is 3.32. The van der Waals surface area contributed by atoms with Gasteiger partial charge in [-0.25, -0.2) is 8.78 Å². The van der Waals surface area contributed by atoms with Crippen molar-refractivity contribution in [3.63, 3.8) is 0 Å². The molecule has 2 rings (SSSR count). The Hall–Kier alpha value is -0.220. The standard InChI is InChI=1S/C10H17F2NO/c11-10(12)2-1-5-13(7-10)6-9(8-14)3-4-9/h14H,1-8H2. The molecule has 1 aliphatic carbocycles. The maximum absolute atomic E-state index is 13.0. The second-order valence-corrected chi connectivity index (χ2v) is 4.83. The molecule has 0 aromatic heterocycles. The molecule has 0 spiro atoms. The van der Waals surface area contributed by atoms with Crippen molar-refractivity contribution in [3.8, 4) is 0 Å². The molecule has 4 heteroatoms. The van der Waals surface area contributed by atoms with Gasteiger partial charge in [0.15, 0.2) is 0 Å². The molecule has 0 aromatic rings. The van der Waals surface area contributed by atoms with Crippen LogP contribution in [0.5, 0.6) is 0 Å². The molecular formula is C10H17F2NO. The Kier molecular flexibility index (Phi) is 2.52. The van der Waals surface area contributed by atoms with Crippen molar-refractivity contribution in [3.05, 3.63) is 0 Å². The minimum Gasteiger partial charge on any atom is -0.396 e. The van der Waals surface area contributed by atoms with Crippen LogP contribution in [0, 0.1) is 5.41 Å². The fourth-order valence-corrected chi connectivity index (χ4v) is 2.20. The van der Waals surface area contributed by atoms with E-state index in [0.29, 0.717) is 13.0 Å². The molecule has 0 radical (unpaired) electrons. The SMILES string of the molecule is OCC1(CN2CCCC(F)(F)C2)CC1. The predicted octanol–water partition coefficient (Wildman–Crippen LogP) is 1.49. The highest BCUT2D eigenvalue weighted by atomic mass is 19.3. The molecule has 0 unspecified atom stereocenters. The Morgan fingerprint density at radius 2 is 1.93 bits per heavy atom. The summed E-state index contributed by atoms with van der Waals surface area (Å²) in [6.07, 6.45) is 2.58. The monoisotopic (exact) mass is 205 g/mol. The molecule has 1 N–H and O–H groups in total. The molecule has 14 heavy (non-hydrogen) atoms. The van der Waals surface area contributed by atoms with E-state index in [4.69, 9.17) is 5.11 Å². The fraction of sp³-hybridized carbons (Fsp3) is 1.00. The lowest BCUT2D eigenvalue weighted by atomic mass is 10.0. The van der Waals surface area contributed by atoms with Crippen LogP contribution in [0.1, 0.15) is 25.7 Å². The summed E-state index contributed by atoms with van der Waals surface area (Å²) in [7, 11) is 0. The van der Waals surface area contributed by atoms with E-state index in [-0.39, 0.29) is 25.0 Å². The van der Waals surface area contributed by atoms with E-state index >= 15 is 0 Å². The van der Waals surface area contributed by atoms with Crippen LogP contribution in [0.2, 0.25) is 0 Å². The Balaban J connectivity index is 1.86. The highest BCUT2D eigenvalue weighted by Crippen LogP contribution is 2.46. The van der Waals surface area contributed by atoms with Crippen molar-refractivity contribution in [2.45, 2.75) is 31.6 Å². The Morgan fingerprint density at radius 3 is 2.43 bits per heavy atom. The summed E-state index contributed by atoms with van der Waals surface area (Å²) >= 11 is 0. The Morgan fingerprint density at radius 1 is 1.21 bits per heavy atom. The number of likely N-dealkylation sites (tertiary alicyclic amines) is 1. The van der Waals surface area contributed by atoms with Gasteiger partial charge in [0.05, 0.1) is 6.54 Å². The molecule has 1 saturated heterocycles. The quantitative estimate of drug-likeness (QED) is 0.754. The van der Waals surface area contributed by atoms with E-state index in [1.807, 2.05) is 4.90 Å². The van der Waals surface area contributed by atoms with Crippen LogP contribution < -0.4 is 0 Å². The van der Waals surface area contributed by atoms with Crippen molar-refractivity contribution < 1.29 is 13.9 Å². The van der Waals surface area contributed by atoms with Gasteiger partial charge in [0.2, 0.25) is 0 Å². The van der Waals surface area contributed by atoms with Gasteiger partial charge in [0.1, 0.15) is 0 Å². The second kappa shape index (κ2) is 3.42. The summed E-state index contributed by atoms with van der Waals surface area (Å²) in [5.41, 5.74) is -0.0343. The van der Waals surface area contributed by atoms with Gasteiger partial charge in [-0.15, -0.1) is 0 Å². The first-order valence-corrected chi connectivity index (χ1v) is 5.26. The zero-order chi connectivity index (χ0) is 10.2. The van der Waals surface area contributed by atoms with Crippen LogP contribution in [-0.4, -0.2) is 42.2 Å². The molecule has 2 nitrogen and oxygen atoms in total. The minimum absolute atomic E-state index is 0.0234. The molecule has 0 bridgehead atoms. The number of alkyl halides is 2. The number of piperidine rings is 1. The molecule has 2 fully saturated rings. The molecule has 0 aromatic carbocycles. The van der Waals surface area contributed by atoms with Gasteiger partial charge in [-0.3, -0.25) is 4.90 Å². The normalized spacial score (nSPS) is 30.2. The van der Waals surface area contributed by atoms with Crippen molar-refractivity contribution >= 4 is 0 Å². The molecule has 2 aliphatic rings. The van der Waals surface area contributed by atoms with E-state index in [1.165, 1.54) is 0 Å². The Labute approximate surface area is 82.9 Å². The first-order chi connectivity index (χ1) is 6.55. The van der Waals surface area contributed by atoms with E-state index in [0.717, 1.165) is 19.4 Å². The van der Waals surface area contributed by atoms with Gasteiger partial charge < -0.3 is 5.11 Å². The van der Waals surface area contributed by atoms with Crippen LogP contribution in [0.15, 0.2) is 0 Å². The van der Waals surface area contributed by atoms with Crippen molar-refractivity contribution in [1.82, 2.24) is 4.90 Å². The topological polar surface area (TPSA) is 23.5 Å². The predicted molar refractivity (Wildman–Crippen MR) is 49.4 cm³/mol. The smallest absolute Gasteiger partial charge is 0.260 e. The average Bonchev–Trinajstić information content (AvgIpc) is 2.84. The number of aliphatic hydroxyl groups is 1. The molecule has 1 saturated carbocycles. The molecule has 82 valence electrons. The molecule has 0 amide bonds. The maximum Gasteiger partial charge on any atom is 0.260 e. The number of halogens is 2. The summed E-state index contributed by atoms with van der Waals surface area (Å²) in [6.45, 7) is 1.44. The second-order valence-electron chi connectivity index (χ2n) is 4.83. The summed E-state index contributed by atoms with van der Waals surface area (Å²) in [6, 6.07) is 0. The highest BCUT2D eigenvalue weighted by molar-refractivity contribution is 4.96. The highest BCUT2D eigenvalue weighted by Gasteiger charge is 2.45. The molecule has 1 aliphatic heterocycles. The van der Waals surface area contributed by atoms with Crippen LogP contribution in [0.3, 0.4) is 0 Å². The zero-order valence-electron chi connectivity index (χ0n) is 8.31. The molecular weight excluding hydrogens is 188 g/mol. The van der Waals surface area contributed by atoms with Crippen LogP contribution >= 0.6 is 0 Å². The third kappa shape index (κ3) is 2.23. The summed E-state index contributed by atoms with van der Waals surface area (Å²) < 4.78 is 26.1.